The van der Waals surface area contributed by atoms with Gasteiger partial charge in [-0.3, -0.25) is 4.79 Å². The van der Waals surface area contributed by atoms with E-state index in [9.17, 15) is 13.2 Å². The molecule has 0 aliphatic carbocycles. The average molecular weight is 494 g/mol. The first kappa shape index (κ1) is 25.0. The molecule has 1 aliphatic rings. The van der Waals surface area contributed by atoms with Gasteiger partial charge in [-0.2, -0.15) is 9.41 Å². The number of amides is 1. The lowest BCUT2D eigenvalue weighted by atomic mass is 10.2. The lowest BCUT2D eigenvalue weighted by molar-refractivity contribution is -0.124. The largest absolute Gasteiger partial charge is 0.493 e. The van der Waals surface area contributed by atoms with E-state index in [0.29, 0.717) is 47.5 Å². The van der Waals surface area contributed by atoms with E-state index in [1.54, 1.807) is 25.3 Å². The van der Waals surface area contributed by atoms with Crippen LogP contribution in [0.5, 0.6) is 11.5 Å². The molecule has 0 radical (unpaired) electrons. The third-order valence-electron chi connectivity index (χ3n) is 5.07. The monoisotopic (exact) mass is 493 g/mol. The predicted molar refractivity (Wildman–Crippen MR) is 127 cm³/mol. The standard InChI is InChI=1S/C23H28ClN3O5S/c1-16(2)15-32-21-11-6-17(13-22(21)31-3)14-25-26-23(28)20-5-4-12-27(20)33(29,30)19-9-7-18(24)8-10-19/h6-11,13-14,16,20H,4-5,12,15H2,1-3H3,(H,26,28)/b25-14-/t20-/m1/s1. The van der Waals surface area contributed by atoms with Crippen molar-refractivity contribution >= 4 is 33.7 Å². The number of carbonyl (C=O) groups is 1. The molecule has 1 fully saturated rings. The van der Waals surface area contributed by atoms with Crippen LogP contribution in [0.1, 0.15) is 32.3 Å². The second-order valence-corrected chi connectivity index (χ2v) is 10.4. The fourth-order valence-corrected chi connectivity index (χ4v) is 5.20. The van der Waals surface area contributed by atoms with E-state index in [-0.39, 0.29) is 11.4 Å². The van der Waals surface area contributed by atoms with Crippen LogP contribution in [0, 0.1) is 5.92 Å². The van der Waals surface area contributed by atoms with Crippen LogP contribution in [0.15, 0.2) is 52.5 Å². The molecule has 2 aromatic rings. The summed E-state index contributed by atoms with van der Waals surface area (Å²) in [5, 5.41) is 4.45. The fourth-order valence-electron chi connectivity index (χ4n) is 3.42. The number of hydrogen-bond donors (Lipinski definition) is 1. The Morgan fingerprint density at radius 2 is 1.97 bits per heavy atom. The summed E-state index contributed by atoms with van der Waals surface area (Å²) < 4.78 is 38.3. The zero-order valence-corrected chi connectivity index (χ0v) is 20.4. The average Bonchev–Trinajstić information content (AvgIpc) is 3.29. The summed E-state index contributed by atoms with van der Waals surface area (Å²) in [7, 11) is -2.27. The van der Waals surface area contributed by atoms with Gasteiger partial charge in [-0.1, -0.05) is 25.4 Å². The first-order valence-corrected chi connectivity index (χ1v) is 12.5. The number of benzene rings is 2. The first-order valence-electron chi connectivity index (χ1n) is 10.6. The number of ether oxygens (including phenoxy) is 2. The molecule has 178 valence electrons. The molecule has 1 N–H and O–H groups in total. The van der Waals surface area contributed by atoms with Crippen molar-refractivity contribution < 1.29 is 22.7 Å². The van der Waals surface area contributed by atoms with Crippen molar-refractivity contribution in [3.05, 3.63) is 53.1 Å². The third-order valence-corrected chi connectivity index (χ3v) is 7.25. The number of carbonyl (C=O) groups excluding carboxylic acids is 1. The SMILES string of the molecule is COc1cc(/C=N\NC(=O)[C@H]2CCCN2S(=O)(=O)c2ccc(Cl)cc2)ccc1OCC(C)C. The highest BCUT2D eigenvalue weighted by Crippen LogP contribution is 2.28. The van der Waals surface area contributed by atoms with E-state index in [0.717, 1.165) is 0 Å². The lowest BCUT2D eigenvalue weighted by Gasteiger charge is -2.22. The van der Waals surface area contributed by atoms with Gasteiger partial charge in [0.2, 0.25) is 10.0 Å². The molecule has 1 amide bonds. The first-order chi connectivity index (χ1) is 15.7. The summed E-state index contributed by atoms with van der Waals surface area (Å²) in [6.45, 7) is 4.95. The van der Waals surface area contributed by atoms with E-state index in [1.807, 2.05) is 0 Å². The van der Waals surface area contributed by atoms with Crippen LogP contribution in [0.25, 0.3) is 0 Å². The fraction of sp³-hybridized carbons (Fsp3) is 0.391. The van der Waals surface area contributed by atoms with Crippen molar-refractivity contribution in [1.29, 1.82) is 0 Å². The molecule has 3 rings (SSSR count). The van der Waals surface area contributed by atoms with Crippen molar-refractivity contribution in [3.8, 4) is 11.5 Å². The highest BCUT2D eigenvalue weighted by Gasteiger charge is 2.39. The highest BCUT2D eigenvalue weighted by molar-refractivity contribution is 7.89. The van der Waals surface area contributed by atoms with Crippen LogP contribution in [-0.4, -0.2) is 51.1 Å². The molecule has 0 aromatic heterocycles. The summed E-state index contributed by atoms with van der Waals surface area (Å²) in [6.07, 6.45) is 2.48. The number of methoxy groups -OCH3 is 1. The lowest BCUT2D eigenvalue weighted by Crippen LogP contribution is -2.44. The Morgan fingerprint density at radius 3 is 2.64 bits per heavy atom. The van der Waals surface area contributed by atoms with Gasteiger partial charge < -0.3 is 9.47 Å². The molecule has 2 aromatic carbocycles. The molecule has 0 bridgehead atoms. The second kappa shape index (κ2) is 11.0. The normalized spacial score (nSPS) is 16.9. The Balaban J connectivity index is 1.66. The summed E-state index contributed by atoms with van der Waals surface area (Å²) >= 11 is 5.86. The van der Waals surface area contributed by atoms with E-state index < -0.39 is 22.0 Å². The molecule has 1 heterocycles. The Bertz CT molecular complexity index is 1100. The van der Waals surface area contributed by atoms with Crippen molar-refractivity contribution in [2.75, 3.05) is 20.3 Å². The van der Waals surface area contributed by atoms with Gasteiger partial charge in [0.15, 0.2) is 11.5 Å². The zero-order chi connectivity index (χ0) is 24.0. The van der Waals surface area contributed by atoms with Gasteiger partial charge in [-0.05, 0) is 66.8 Å². The highest BCUT2D eigenvalue weighted by atomic mass is 35.5. The number of hydrazone groups is 1. The molecule has 10 heteroatoms. The second-order valence-electron chi connectivity index (χ2n) is 8.08. The maximum absolute atomic E-state index is 13.0. The topological polar surface area (TPSA) is 97.3 Å². The summed E-state index contributed by atoms with van der Waals surface area (Å²) in [5.41, 5.74) is 3.15. The number of sulfonamides is 1. The Hall–Kier alpha value is -2.62. The van der Waals surface area contributed by atoms with E-state index in [1.165, 1.54) is 34.8 Å². The minimum Gasteiger partial charge on any atom is -0.493 e. The summed E-state index contributed by atoms with van der Waals surface area (Å²) in [4.78, 5) is 12.8. The quantitative estimate of drug-likeness (QED) is 0.424. The van der Waals surface area contributed by atoms with Crippen molar-refractivity contribution in [1.82, 2.24) is 9.73 Å². The molecule has 1 saturated heterocycles. The molecular weight excluding hydrogens is 466 g/mol. The maximum Gasteiger partial charge on any atom is 0.258 e. The van der Waals surface area contributed by atoms with Gasteiger partial charge >= 0.3 is 0 Å². The van der Waals surface area contributed by atoms with Gasteiger partial charge in [0.25, 0.3) is 5.91 Å². The molecule has 0 spiro atoms. The van der Waals surface area contributed by atoms with Gasteiger partial charge in [-0.25, -0.2) is 13.8 Å². The molecule has 0 saturated carbocycles. The van der Waals surface area contributed by atoms with Crippen LogP contribution in [0.3, 0.4) is 0 Å². The minimum absolute atomic E-state index is 0.0990. The Morgan fingerprint density at radius 1 is 1.24 bits per heavy atom. The molecular formula is C23H28ClN3O5S. The van der Waals surface area contributed by atoms with Gasteiger partial charge in [0, 0.05) is 11.6 Å². The molecule has 0 unspecified atom stereocenters. The van der Waals surface area contributed by atoms with Crippen LogP contribution in [0.2, 0.25) is 5.02 Å². The number of nitrogens with one attached hydrogen (secondary N) is 1. The summed E-state index contributed by atoms with van der Waals surface area (Å²) in [5.74, 6) is 1.08. The summed E-state index contributed by atoms with van der Waals surface area (Å²) in [6, 6.07) is 10.4. The number of nitrogens with zero attached hydrogens (tertiary/aromatic N) is 2. The van der Waals surface area contributed by atoms with Crippen molar-refractivity contribution in [2.24, 2.45) is 11.0 Å². The third kappa shape index (κ3) is 6.25. The molecule has 1 atom stereocenters. The minimum atomic E-state index is -3.82. The van der Waals surface area contributed by atoms with Crippen LogP contribution in [-0.2, 0) is 14.8 Å². The van der Waals surface area contributed by atoms with Gasteiger partial charge in [0.1, 0.15) is 6.04 Å². The zero-order valence-electron chi connectivity index (χ0n) is 18.8. The Labute approximate surface area is 199 Å². The number of rotatable bonds is 9. The Kier molecular flexibility index (Phi) is 8.34. The molecule has 1 aliphatic heterocycles. The van der Waals surface area contributed by atoms with Gasteiger partial charge in [-0.15, -0.1) is 0 Å². The van der Waals surface area contributed by atoms with Crippen LogP contribution >= 0.6 is 11.6 Å². The van der Waals surface area contributed by atoms with Crippen molar-refractivity contribution in [3.63, 3.8) is 0 Å². The van der Waals surface area contributed by atoms with E-state index >= 15 is 0 Å². The van der Waals surface area contributed by atoms with Gasteiger partial charge in [0.05, 0.1) is 24.8 Å². The van der Waals surface area contributed by atoms with Crippen LogP contribution < -0.4 is 14.9 Å². The maximum atomic E-state index is 13.0. The number of hydrogen-bond acceptors (Lipinski definition) is 6. The van der Waals surface area contributed by atoms with E-state index in [2.05, 4.69) is 24.4 Å². The van der Waals surface area contributed by atoms with E-state index in [4.69, 9.17) is 21.1 Å². The van der Waals surface area contributed by atoms with Crippen molar-refractivity contribution in [2.45, 2.75) is 37.6 Å². The molecule has 33 heavy (non-hydrogen) atoms. The predicted octanol–water partition coefficient (Wildman–Crippen LogP) is 3.69. The molecule has 8 nitrogen and oxygen atoms in total. The smallest absolute Gasteiger partial charge is 0.258 e. The number of halogens is 1. The van der Waals surface area contributed by atoms with Crippen LogP contribution in [0.4, 0.5) is 0 Å².